The van der Waals surface area contributed by atoms with Crippen LogP contribution >= 0.6 is 27.5 Å². The third-order valence-corrected chi connectivity index (χ3v) is 4.03. The van der Waals surface area contributed by atoms with Crippen LogP contribution in [0.5, 0.6) is 0 Å². The molecule has 1 aromatic carbocycles. The molecule has 0 aliphatic heterocycles. The third kappa shape index (κ3) is 4.63. The van der Waals surface area contributed by atoms with E-state index in [-0.39, 0.29) is 12.3 Å². The standard InChI is InChI=1S/C12H16BrClN2O3/c1-8(3-2-6-17)7-15-12-10(16(18)19)5-4-9(13)11(12)14/h4-5,8,15,17H,2-3,6-7H2,1H3/t8-/m1/s1. The van der Waals surface area contributed by atoms with Crippen molar-refractivity contribution in [3.05, 3.63) is 31.7 Å². The summed E-state index contributed by atoms with van der Waals surface area (Å²) in [7, 11) is 0. The molecule has 5 nitrogen and oxygen atoms in total. The number of nitrogens with zero attached hydrogens (tertiary/aromatic N) is 1. The summed E-state index contributed by atoms with van der Waals surface area (Å²) in [5.41, 5.74) is 0.291. The zero-order valence-electron chi connectivity index (χ0n) is 10.5. The highest BCUT2D eigenvalue weighted by Gasteiger charge is 2.19. The number of nitro groups is 1. The second-order valence-corrected chi connectivity index (χ2v) is 5.60. The molecule has 106 valence electrons. The van der Waals surface area contributed by atoms with E-state index in [1.807, 2.05) is 6.92 Å². The predicted octanol–water partition coefficient (Wildman–Crippen LogP) is 3.83. The van der Waals surface area contributed by atoms with Gasteiger partial charge < -0.3 is 10.4 Å². The smallest absolute Gasteiger partial charge is 0.293 e. The molecule has 1 atom stereocenters. The molecule has 0 unspecified atom stereocenters. The molecule has 0 bridgehead atoms. The average molecular weight is 352 g/mol. The van der Waals surface area contributed by atoms with Crippen LogP contribution in [0, 0.1) is 16.0 Å². The lowest BCUT2D eigenvalue weighted by Gasteiger charge is -2.14. The van der Waals surface area contributed by atoms with Gasteiger partial charge in [-0.1, -0.05) is 18.5 Å². The van der Waals surface area contributed by atoms with Gasteiger partial charge >= 0.3 is 0 Å². The number of hydrogen-bond donors (Lipinski definition) is 2. The molecule has 1 rings (SSSR count). The van der Waals surface area contributed by atoms with E-state index in [0.717, 1.165) is 12.8 Å². The molecule has 0 fully saturated rings. The summed E-state index contributed by atoms with van der Waals surface area (Å²) in [5.74, 6) is 0.293. The molecule has 0 aliphatic rings. The van der Waals surface area contributed by atoms with E-state index in [2.05, 4.69) is 21.2 Å². The van der Waals surface area contributed by atoms with E-state index >= 15 is 0 Å². The normalized spacial score (nSPS) is 12.2. The van der Waals surface area contributed by atoms with Crippen LogP contribution in [0.1, 0.15) is 19.8 Å². The van der Waals surface area contributed by atoms with Crippen LogP contribution in [0.3, 0.4) is 0 Å². The van der Waals surface area contributed by atoms with Crippen molar-refractivity contribution in [1.29, 1.82) is 0 Å². The molecule has 0 aromatic heterocycles. The minimum atomic E-state index is -0.459. The Kier molecular flexibility index (Phi) is 6.54. The molecular weight excluding hydrogens is 336 g/mol. The summed E-state index contributed by atoms with van der Waals surface area (Å²) in [5, 5.41) is 23.1. The van der Waals surface area contributed by atoms with E-state index in [0.29, 0.717) is 27.6 Å². The van der Waals surface area contributed by atoms with Crippen molar-refractivity contribution in [3.63, 3.8) is 0 Å². The van der Waals surface area contributed by atoms with Gasteiger partial charge in [0.25, 0.3) is 5.69 Å². The van der Waals surface area contributed by atoms with E-state index in [1.54, 1.807) is 6.07 Å². The molecule has 0 aliphatic carbocycles. The summed E-state index contributed by atoms with van der Waals surface area (Å²) >= 11 is 9.33. The lowest BCUT2D eigenvalue weighted by atomic mass is 10.1. The summed E-state index contributed by atoms with van der Waals surface area (Å²) in [6.07, 6.45) is 1.57. The van der Waals surface area contributed by atoms with Crippen LogP contribution in [-0.4, -0.2) is 23.2 Å². The Morgan fingerprint density at radius 1 is 1.58 bits per heavy atom. The fourth-order valence-corrected chi connectivity index (χ4v) is 2.24. The number of nitrogens with one attached hydrogen (secondary N) is 1. The van der Waals surface area contributed by atoms with Gasteiger partial charge in [-0.15, -0.1) is 0 Å². The van der Waals surface area contributed by atoms with Crippen LogP contribution in [-0.2, 0) is 0 Å². The first-order valence-electron chi connectivity index (χ1n) is 5.94. The zero-order chi connectivity index (χ0) is 14.4. The molecule has 0 radical (unpaired) electrons. The van der Waals surface area contributed by atoms with Gasteiger partial charge in [0.05, 0.1) is 9.95 Å². The van der Waals surface area contributed by atoms with Crippen LogP contribution in [0.25, 0.3) is 0 Å². The second kappa shape index (κ2) is 7.67. The Labute approximate surface area is 125 Å². The lowest BCUT2D eigenvalue weighted by Crippen LogP contribution is -2.13. The molecular formula is C12H16BrClN2O3. The van der Waals surface area contributed by atoms with E-state index in [1.165, 1.54) is 6.07 Å². The largest absolute Gasteiger partial charge is 0.396 e. The second-order valence-electron chi connectivity index (χ2n) is 4.36. The highest BCUT2D eigenvalue weighted by atomic mass is 79.9. The predicted molar refractivity (Wildman–Crippen MR) is 79.8 cm³/mol. The number of anilines is 1. The van der Waals surface area contributed by atoms with Crippen molar-refractivity contribution in [3.8, 4) is 0 Å². The van der Waals surface area contributed by atoms with E-state index in [4.69, 9.17) is 16.7 Å². The van der Waals surface area contributed by atoms with Gasteiger partial charge in [-0.2, -0.15) is 0 Å². The van der Waals surface area contributed by atoms with Crippen molar-refractivity contribution >= 4 is 38.9 Å². The van der Waals surface area contributed by atoms with Crippen LogP contribution in [0.15, 0.2) is 16.6 Å². The van der Waals surface area contributed by atoms with Crippen molar-refractivity contribution in [2.75, 3.05) is 18.5 Å². The average Bonchev–Trinajstić information content (AvgIpc) is 2.37. The van der Waals surface area contributed by atoms with Gasteiger partial charge in [-0.3, -0.25) is 10.1 Å². The molecule has 7 heteroatoms. The fourth-order valence-electron chi connectivity index (χ4n) is 1.68. The van der Waals surface area contributed by atoms with Gasteiger partial charge in [0.15, 0.2) is 0 Å². The maximum Gasteiger partial charge on any atom is 0.293 e. The fraction of sp³-hybridized carbons (Fsp3) is 0.500. The molecule has 1 aromatic rings. The molecule has 0 saturated heterocycles. The number of aliphatic hydroxyl groups excluding tert-OH is 1. The third-order valence-electron chi connectivity index (χ3n) is 2.75. The number of nitro benzene ring substituents is 1. The van der Waals surface area contributed by atoms with Crippen LogP contribution in [0.2, 0.25) is 5.02 Å². The Morgan fingerprint density at radius 3 is 2.84 bits per heavy atom. The van der Waals surface area contributed by atoms with Crippen molar-refractivity contribution in [2.45, 2.75) is 19.8 Å². The van der Waals surface area contributed by atoms with Crippen LogP contribution < -0.4 is 5.32 Å². The minimum Gasteiger partial charge on any atom is -0.396 e. The summed E-state index contributed by atoms with van der Waals surface area (Å²) < 4.78 is 0.616. The summed E-state index contributed by atoms with van der Waals surface area (Å²) in [6, 6.07) is 2.97. The molecule has 0 amide bonds. The lowest BCUT2D eigenvalue weighted by molar-refractivity contribution is -0.384. The van der Waals surface area contributed by atoms with E-state index < -0.39 is 4.92 Å². The summed E-state index contributed by atoms with van der Waals surface area (Å²) in [6.45, 7) is 2.74. The van der Waals surface area contributed by atoms with Gasteiger partial charge in [0, 0.05) is 23.7 Å². The SMILES string of the molecule is C[C@H](CCCO)CNc1c([N+](=O)[O-])ccc(Br)c1Cl. The highest BCUT2D eigenvalue weighted by molar-refractivity contribution is 9.10. The number of halogens is 2. The Morgan fingerprint density at radius 2 is 2.26 bits per heavy atom. The first kappa shape index (κ1) is 16.2. The van der Waals surface area contributed by atoms with Gasteiger partial charge in [-0.05, 0) is 40.8 Å². The molecule has 0 saturated carbocycles. The number of rotatable bonds is 7. The van der Waals surface area contributed by atoms with Crippen molar-refractivity contribution < 1.29 is 10.0 Å². The quantitative estimate of drug-likeness (QED) is 0.578. The molecule has 0 heterocycles. The zero-order valence-corrected chi connectivity index (χ0v) is 12.9. The molecule has 0 spiro atoms. The van der Waals surface area contributed by atoms with Gasteiger partial charge in [0.1, 0.15) is 5.69 Å². The first-order chi connectivity index (χ1) is 8.97. The van der Waals surface area contributed by atoms with Gasteiger partial charge in [-0.25, -0.2) is 0 Å². The van der Waals surface area contributed by atoms with Crippen LogP contribution in [0.4, 0.5) is 11.4 Å². The maximum atomic E-state index is 11.0. The highest BCUT2D eigenvalue weighted by Crippen LogP contribution is 2.37. The van der Waals surface area contributed by atoms with E-state index in [9.17, 15) is 10.1 Å². The maximum absolute atomic E-state index is 11.0. The number of hydrogen-bond acceptors (Lipinski definition) is 4. The monoisotopic (exact) mass is 350 g/mol. The van der Waals surface area contributed by atoms with Crippen molar-refractivity contribution in [1.82, 2.24) is 0 Å². The number of benzene rings is 1. The first-order valence-corrected chi connectivity index (χ1v) is 7.11. The molecule has 19 heavy (non-hydrogen) atoms. The summed E-state index contributed by atoms with van der Waals surface area (Å²) in [4.78, 5) is 10.5. The van der Waals surface area contributed by atoms with Gasteiger partial charge in [0.2, 0.25) is 0 Å². The Hall–Kier alpha value is -0.850. The topological polar surface area (TPSA) is 75.4 Å². The minimum absolute atomic E-state index is 0.0393. The van der Waals surface area contributed by atoms with Crippen molar-refractivity contribution in [2.24, 2.45) is 5.92 Å². The Balaban J connectivity index is 2.81. The Bertz CT molecular complexity index is 457. The number of aliphatic hydroxyl groups is 1. The molecule has 2 N–H and O–H groups in total.